The molecule has 0 spiro atoms. The Morgan fingerprint density at radius 1 is 1.30 bits per heavy atom. The summed E-state index contributed by atoms with van der Waals surface area (Å²) in [6, 6.07) is 11.4. The van der Waals surface area contributed by atoms with E-state index in [9.17, 15) is 4.79 Å². The van der Waals surface area contributed by atoms with Gasteiger partial charge in [0, 0.05) is 17.7 Å². The minimum absolute atomic E-state index is 0.540. The molecule has 0 aliphatic heterocycles. The smallest absolute Gasteiger partial charge is 0.328 e. The van der Waals surface area contributed by atoms with Crippen LogP contribution < -0.4 is 4.74 Å². The Labute approximate surface area is 132 Å². The van der Waals surface area contributed by atoms with Crippen molar-refractivity contribution in [3.8, 4) is 5.75 Å². The number of aliphatic carboxylic acids is 1. The van der Waals surface area contributed by atoms with Crippen LogP contribution in [-0.2, 0) is 11.3 Å². The van der Waals surface area contributed by atoms with E-state index in [1.165, 1.54) is 6.08 Å². The normalized spacial score (nSPS) is 11.2. The van der Waals surface area contributed by atoms with Crippen molar-refractivity contribution in [2.24, 2.45) is 0 Å². The molecule has 3 aromatic rings. The average Bonchev–Trinajstić information content (AvgIpc) is 2.92. The first-order chi connectivity index (χ1) is 11.2. The van der Waals surface area contributed by atoms with Crippen LogP contribution in [0.25, 0.3) is 17.1 Å². The summed E-state index contributed by atoms with van der Waals surface area (Å²) in [6.07, 6.45) is 4.25. The minimum atomic E-state index is -1.01. The van der Waals surface area contributed by atoms with Gasteiger partial charge in [-0.3, -0.25) is 0 Å². The van der Waals surface area contributed by atoms with Crippen LogP contribution in [0.2, 0.25) is 0 Å². The fraction of sp³-hybridized carbons (Fsp3) is 0.118. The van der Waals surface area contributed by atoms with Crippen LogP contribution in [0, 0.1) is 0 Å². The third kappa shape index (κ3) is 3.21. The summed E-state index contributed by atoms with van der Waals surface area (Å²) >= 11 is 0. The molecule has 2 heterocycles. The van der Waals surface area contributed by atoms with Crippen LogP contribution in [-0.4, -0.2) is 33.0 Å². The van der Waals surface area contributed by atoms with Gasteiger partial charge in [-0.15, -0.1) is 0 Å². The first-order valence-corrected chi connectivity index (χ1v) is 7.03. The fourth-order valence-electron chi connectivity index (χ4n) is 2.32. The number of methoxy groups -OCH3 is 1. The van der Waals surface area contributed by atoms with Gasteiger partial charge in [0.2, 0.25) is 0 Å². The van der Waals surface area contributed by atoms with Gasteiger partial charge in [-0.25, -0.2) is 14.5 Å². The maximum absolute atomic E-state index is 10.7. The lowest BCUT2D eigenvalue weighted by atomic mass is 10.2. The molecule has 1 aromatic carbocycles. The molecule has 3 rings (SSSR count). The molecule has 0 radical (unpaired) electrons. The standard InChI is InChI=1S/C17H15N3O3/c1-23-13-6-4-12(5-7-13)11-20-17-14(3-2-10-18-17)15(19-20)8-9-16(21)22/h2-10H,11H2,1H3,(H,21,22)/b9-8-. The molecular formula is C17H15N3O3. The average molecular weight is 309 g/mol. The Morgan fingerprint density at radius 3 is 2.78 bits per heavy atom. The Kier molecular flexibility index (Phi) is 4.05. The first-order valence-electron chi connectivity index (χ1n) is 7.03. The highest BCUT2D eigenvalue weighted by Gasteiger charge is 2.10. The molecule has 0 unspecified atom stereocenters. The highest BCUT2D eigenvalue weighted by atomic mass is 16.5. The lowest BCUT2D eigenvalue weighted by Gasteiger charge is -2.04. The maximum atomic E-state index is 10.7. The fourth-order valence-corrected chi connectivity index (χ4v) is 2.32. The number of benzene rings is 1. The summed E-state index contributed by atoms with van der Waals surface area (Å²) in [5, 5.41) is 14.1. The van der Waals surface area contributed by atoms with Crippen LogP contribution in [0.5, 0.6) is 5.75 Å². The number of carboxylic acids is 1. The van der Waals surface area contributed by atoms with Crippen molar-refractivity contribution < 1.29 is 14.6 Å². The summed E-state index contributed by atoms with van der Waals surface area (Å²) in [7, 11) is 1.63. The SMILES string of the molecule is COc1ccc(Cn2nc(/C=C\C(=O)O)c3cccnc32)cc1. The number of rotatable bonds is 5. The molecule has 0 aliphatic carbocycles. The van der Waals surface area contributed by atoms with Crippen LogP contribution in [0.1, 0.15) is 11.3 Å². The first kappa shape index (κ1) is 14.8. The van der Waals surface area contributed by atoms with E-state index in [1.807, 2.05) is 30.3 Å². The number of hydrogen-bond acceptors (Lipinski definition) is 4. The second kappa shape index (κ2) is 6.31. The third-order valence-electron chi connectivity index (χ3n) is 3.41. The molecule has 0 amide bonds. The molecule has 1 N–H and O–H groups in total. The summed E-state index contributed by atoms with van der Waals surface area (Å²) in [5.74, 6) is -0.214. The summed E-state index contributed by atoms with van der Waals surface area (Å²) in [5.41, 5.74) is 2.35. The molecule has 2 aromatic heterocycles. The number of aromatic nitrogens is 3. The van der Waals surface area contributed by atoms with Crippen molar-refractivity contribution in [2.45, 2.75) is 6.54 Å². The number of fused-ring (bicyclic) bond motifs is 1. The van der Waals surface area contributed by atoms with Crippen molar-refractivity contribution in [3.05, 3.63) is 59.9 Å². The van der Waals surface area contributed by atoms with Gasteiger partial charge >= 0.3 is 5.97 Å². The maximum Gasteiger partial charge on any atom is 0.328 e. The summed E-state index contributed by atoms with van der Waals surface area (Å²) in [4.78, 5) is 15.1. The van der Waals surface area contributed by atoms with Crippen molar-refractivity contribution in [1.29, 1.82) is 0 Å². The molecule has 0 bridgehead atoms. The molecule has 6 heteroatoms. The van der Waals surface area contributed by atoms with E-state index in [0.29, 0.717) is 17.9 Å². The molecule has 0 aliphatic rings. The van der Waals surface area contributed by atoms with Gasteiger partial charge < -0.3 is 9.84 Å². The summed E-state index contributed by atoms with van der Waals surface area (Å²) < 4.78 is 6.91. The van der Waals surface area contributed by atoms with Gasteiger partial charge in [0.05, 0.1) is 19.3 Å². The lowest BCUT2D eigenvalue weighted by Crippen LogP contribution is -2.02. The zero-order chi connectivity index (χ0) is 16.2. The monoisotopic (exact) mass is 309 g/mol. The van der Waals surface area contributed by atoms with Gasteiger partial charge in [0.1, 0.15) is 5.75 Å². The number of pyridine rings is 1. The molecule has 23 heavy (non-hydrogen) atoms. The zero-order valence-corrected chi connectivity index (χ0v) is 12.5. The van der Waals surface area contributed by atoms with E-state index in [0.717, 1.165) is 22.8 Å². The molecular weight excluding hydrogens is 294 g/mol. The molecule has 116 valence electrons. The largest absolute Gasteiger partial charge is 0.497 e. The van der Waals surface area contributed by atoms with E-state index in [1.54, 1.807) is 24.1 Å². The third-order valence-corrected chi connectivity index (χ3v) is 3.41. The molecule has 0 saturated carbocycles. The predicted octanol–water partition coefficient (Wildman–Crippen LogP) is 2.59. The van der Waals surface area contributed by atoms with E-state index < -0.39 is 5.97 Å². The van der Waals surface area contributed by atoms with Crippen molar-refractivity contribution in [1.82, 2.24) is 14.8 Å². The quantitative estimate of drug-likeness (QED) is 0.733. The van der Waals surface area contributed by atoms with E-state index in [4.69, 9.17) is 9.84 Å². The second-order valence-electron chi connectivity index (χ2n) is 4.94. The number of nitrogens with zero attached hydrogens (tertiary/aromatic N) is 3. The topological polar surface area (TPSA) is 77.2 Å². The second-order valence-corrected chi connectivity index (χ2v) is 4.94. The van der Waals surface area contributed by atoms with Crippen LogP contribution >= 0.6 is 0 Å². The van der Waals surface area contributed by atoms with E-state index in [2.05, 4.69) is 10.1 Å². The van der Waals surface area contributed by atoms with E-state index in [-0.39, 0.29) is 0 Å². The van der Waals surface area contributed by atoms with Crippen molar-refractivity contribution in [2.75, 3.05) is 7.11 Å². The Hall–Kier alpha value is -3.15. The highest BCUT2D eigenvalue weighted by Crippen LogP contribution is 2.19. The van der Waals surface area contributed by atoms with Crippen LogP contribution in [0.15, 0.2) is 48.7 Å². The Morgan fingerprint density at radius 2 is 2.09 bits per heavy atom. The number of carbonyl (C=O) groups is 1. The van der Waals surface area contributed by atoms with Gasteiger partial charge in [0.15, 0.2) is 5.65 Å². The number of ether oxygens (including phenoxy) is 1. The van der Waals surface area contributed by atoms with Crippen molar-refractivity contribution >= 4 is 23.1 Å². The Balaban J connectivity index is 1.98. The van der Waals surface area contributed by atoms with Crippen molar-refractivity contribution in [3.63, 3.8) is 0 Å². The predicted molar refractivity (Wildman–Crippen MR) is 86.3 cm³/mol. The highest BCUT2D eigenvalue weighted by molar-refractivity contribution is 5.90. The lowest BCUT2D eigenvalue weighted by molar-refractivity contribution is -0.131. The molecule has 0 saturated heterocycles. The molecule has 6 nitrogen and oxygen atoms in total. The summed E-state index contributed by atoms with van der Waals surface area (Å²) in [6.45, 7) is 0.540. The van der Waals surface area contributed by atoms with Crippen LogP contribution in [0.4, 0.5) is 0 Å². The Bertz CT molecular complexity index is 866. The van der Waals surface area contributed by atoms with Crippen LogP contribution in [0.3, 0.4) is 0 Å². The van der Waals surface area contributed by atoms with Gasteiger partial charge in [-0.05, 0) is 35.9 Å². The number of carboxylic acid groups (broad SMARTS) is 1. The van der Waals surface area contributed by atoms with Gasteiger partial charge in [0.25, 0.3) is 0 Å². The molecule has 0 fully saturated rings. The van der Waals surface area contributed by atoms with Gasteiger partial charge in [-0.2, -0.15) is 5.10 Å². The minimum Gasteiger partial charge on any atom is -0.497 e. The number of hydrogen-bond donors (Lipinski definition) is 1. The van der Waals surface area contributed by atoms with Gasteiger partial charge in [-0.1, -0.05) is 12.1 Å². The van der Waals surface area contributed by atoms with E-state index >= 15 is 0 Å². The molecule has 0 atom stereocenters. The zero-order valence-electron chi connectivity index (χ0n) is 12.5.